The van der Waals surface area contributed by atoms with E-state index in [9.17, 15) is 5.11 Å². The molecule has 0 aliphatic carbocycles. The predicted octanol–water partition coefficient (Wildman–Crippen LogP) is 4.14. The molecule has 0 saturated carbocycles. The molecule has 0 atom stereocenters. The highest BCUT2D eigenvalue weighted by Crippen LogP contribution is 2.27. The fraction of sp³-hybridized carbons (Fsp3) is 0.167. The van der Waals surface area contributed by atoms with Gasteiger partial charge >= 0.3 is 0 Å². The molecule has 16 heavy (non-hydrogen) atoms. The molecule has 0 aliphatic rings. The minimum Gasteiger partial charge on any atom is -0.508 e. The number of aromatic hydroxyl groups is 1. The van der Waals surface area contributed by atoms with Crippen LogP contribution in [0.5, 0.6) is 5.75 Å². The topological polar surface area (TPSA) is 32.3 Å². The van der Waals surface area contributed by atoms with E-state index in [0.29, 0.717) is 0 Å². The number of anilines is 1. The van der Waals surface area contributed by atoms with Crippen molar-refractivity contribution in [3.05, 3.63) is 44.6 Å². The summed E-state index contributed by atoms with van der Waals surface area (Å²) in [6, 6.07) is 9.27. The molecular formula is C12H12BrNOS. The van der Waals surface area contributed by atoms with Crippen molar-refractivity contribution in [2.45, 2.75) is 13.5 Å². The first-order chi connectivity index (χ1) is 7.65. The van der Waals surface area contributed by atoms with E-state index < -0.39 is 0 Å². The molecule has 0 fully saturated rings. The highest BCUT2D eigenvalue weighted by Gasteiger charge is 2.02. The maximum Gasteiger partial charge on any atom is 0.117 e. The van der Waals surface area contributed by atoms with Gasteiger partial charge < -0.3 is 10.4 Å². The maximum absolute atomic E-state index is 9.31. The lowest BCUT2D eigenvalue weighted by Gasteiger charge is -2.04. The van der Waals surface area contributed by atoms with E-state index in [1.165, 1.54) is 9.75 Å². The second-order valence-corrected chi connectivity index (χ2v) is 5.72. The minimum atomic E-state index is 0.286. The number of hydrogen-bond acceptors (Lipinski definition) is 3. The van der Waals surface area contributed by atoms with Gasteiger partial charge in [0.1, 0.15) is 5.75 Å². The van der Waals surface area contributed by atoms with Crippen molar-refractivity contribution in [1.29, 1.82) is 0 Å². The Bertz CT molecular complexity index is 476. The first kappa shape index (κ1) is 11.5. The van der Waals surface area contributed by atoms with Crippen molar-refractivity contribution >= 4 is 33.0 Å². The van der Waals surface area contributed by atoms with Crippen molar-refractivity contribution in [3.8, 4) is 5.75 Å². The lowest BCUT2D eigenvalue weighted by atomic mass is 10.3. The monoisotopic (exact) mass is 297 g/mol. The molecule has 0 aliphatic heterocycles. The second-order valence-electron chi connectivity index (χ2n) is 3.52. The van der Waals surface area contributed by atoms with Gasteiger partial charge in [-0.2, -0.15) is 0 Å². The zero-order valence-electron chi connectivity index (χ0n) is 8.83. The number of halogens is 1. The highest BCUT2D eigenvalue weighted by molar-refractivity contribution is 9.10. The number of rotatable bonds is 3. The molecule has 0 amide bonds. The molecule has 0 bridgehead atoms. The average molecular weight is 298 g/mol. The predicted molar refractivity (Wildman–Crippen MR) is 72.2 cm³/mol. The maximum atomic E-state index is 9.31. The van der Waals surface area contributed by atoms with Gasteiger partial charge in [-0.15, -0.1) is 11.3 Å². The van der Waals surface area contributed by atoms with Crippen LogP contribution in [0.25, 0.3) is 0 Å². The van der Waals surface area contributed by atoms with Gasteiger partial charge in [0.25, 0.3) is 0 Å². The van der Waals surface area contributed by atoms with Crippen LogP contribution in [-0.4, -0.2) is 5.11 Å². The number of aryl methyl sites for hydroxylation is 1. The van der Waals surface area contributed by atoms with Crippen LogP contribution in [0, 0.1) is 6.92 Å². The Hall–Kier alpha value is -1.00. The summed E-state index contributed by atoms with van der Waals surface area (Å²) >= 11 is 5.26. The van der Waals surface area contributed by atoms with Crippen molar-refractivity contribution < 1.29 is 5.11 Å². The molecule has 1 aromatic heterocycles. The summed E-state index contributed by atoms with van der Waals surface area (Å²) in [4.78, 5) is 2.56. The van der Waals surface area contributed by atoms with Crippen molar-refractivity contribution in [2.24, 2.45) is 0 Å². The number of phenols is 1. The molecular weight excluding hydrogens is 286 g/mol. The Morgan fingerprint density at radius 1 is 1.38 bits per heavy atom. The molecule has 0 spiro atoms. The molecule has 2 N–H and O–H groups in total. The number of phenolic OH excluding ortho intramolecular Hbond substituents is 1. The zero-order chi connectivity index (χ0) is 11.5. The quantitative estimate of drug-likeness (QED) is 0.892. The molecule has 1 aromatic carbocycles. The minimum absolute atomic E-state index is 0.286. The molecule has 0 unspecified atom stereocenters. The van der Waals surface area contributed by atoms with Crippen LogP contribution in [0.15, 0.2) is 34.8 Å². The summed E-state index contributed by atoms with van der Waals surface area (Å²) < 4.78 is 1.16. The van der Waals surface area contributed by atoms with Crippen molar-refractivity contribution in [1.82, 2.24) is 0 Å². The first-order valence-electron chi connectivity index (χ1n) is 4.93. The summed E-state index contributed by atoms with van der Waals surface area (Å²) in [7, 11) is 0. The lowest BCUT2D eigenvalue weighted by Crippen LogP contribution is -1.96. The van der Waals surface area contributed by atoms with E-state index in [4.69, 9.17) is 0 Å². The summed E-state index contributed by atoms with van der Waals surface area (Å²) in [6.45, 7) is 2.87. The largest absolute Gasteiger partial charge is 0.508 e. The number of thiophene rings is 1. The van der Waals surface area contributed by atoms with Gasteiger partial charge in [-0.25, -0.2) is 0 Å². The van der Waals surface area contributed by atoms with Crippen molar-refractivity contribution in [3.63, 3.8) is 0 Å². The Morgan fingerprint density at radius 3 is 2.81 bits per heavy atom. The Morgan fingerprint density at radius 2 is 2.19 bits per heavy atom. The summed E-state index contributed by atoms with van der Waals surface area (Å²) in [5.74, 6) is 0.286. The van der Waals surface area contributed by atoms with Crippen LogP contribution in [-0.2, 0) is 6.54 Å². The van der Waals surface area contributed by atoms with Gasteiger partial charge in [-0.3, -0.25) is 0 Å². The smallest absolute Gasteiger partial charge is 0.117 e. The van der Waals surface area contributed by atoms with Gasteiger partial charge in [0, 0.05) is 32.5 Å². The molecule has 2 rings (SSSR count). The van der Waals surface area contributed by atoms with E-state index >= 15 is 0 Å². The van der Waals surface area contributed by atoms with Crippen LogP contribution < -0.4 is 5.32 Å². The zero-order valence-corrected chi connectivity index (χ0v) is 11.2. The molecule has 4 heteroatoms. The second kappa shape index (κ2) is 4.89. The Labute approximate surface area is 107 Å². The van der Waals surface area contributed by atoms with E-state index in [1.54, 1.807) is 23.5 Å². The lowest BCUT2D eigenvalue weighted by molar-refractivity contribution is 0.475. The van der Waals surface area contributed by atoms with Crippen LogP contribution in [0.1, 0.15) is 9.75 Å². The molecule has 0 saturated heterocycles. The number of benzene rings is 1. The standard InChI is InChI=1S/C12H12BrNOS/c1-8-12(13)6-11(16-8)7-14-9-3-2-4-10(15)5-9/h2-6,14-15H,7H2,1H3. The fourth-order valence-corrected chi connectivity index (χ4v) is 2.95. The molecule has 1 heterocycles. The third-order valence-corrected chi connectivity index (χ3v) is 4.36. The van der Waals surface area contributed by atoms with Gasteiger partial charge in [0.15, 0.2) is 0 Å². The van der Waals surface area contributed by atoms with Crippen molar-refractivity contribution in [2.75, 3.05) is 5.32 Å². The number of hydrogen-bond donors (Lipinski definition) is 2. The van der Waals surface area contributed by atoms with Crippen LogP contribution >= 0.6 is 27.3 Å². The van der Waals surface area contributed by atoms with E-state index in [-0.39, 0.29) is 5.75 Å². The van der Waals surface area contributed by atoms with Gasteiger partial charge in [-0.1, -0.05) is 6.07 Å². The third-order valence-electron chi connectivity index (χ3n) is 2.22. The average Bonchev–Trinajstić information content (AvgIpc) is 2.56. The van der Waals surface area contributed by atoms with E-state index in [1.807, 2.05) is 12.1 Å². The van der Waals surface area contributed by atoms with Crippen LogP contribution in [0.4, 0.5) is 5.69 Å². The van der Waals surface area contributed by atoms with Gasteiger partial charge in [-0.05, 0) is 41.1 Å². The molecule has 2 nitrogen and oxygen atoms in total. The van der Waals surface area contributed by atoms with E-state index in [0.717, 1.165) is 16.7 Å². The normalized spacial score (nSPS) is 10.4. The summed E-state index contributed by atoms with van der Waals surface area (Å²) in [5, 5.41) is 12.6. The summed E-state index contributed by atoms with van der Waals surface area (Å²) in [6.07, 6.45) is 0. The summed E-state index contributed by atoms with van der Waals surface area (Å²) in [5.41, 5.74) is 0.933. The highest BCUT2D eigenvalue weighted by atomic mass is 79.9. The van der Waals surface area contributed by atoms with Gasteiger partial charge in [0.2, 0.25) is 0 Å². The third kappa shape index (κ3) is 2.77. The van der Waals surface area contributed by atoms with Crippen LogP contribution in [0.3, 0.4) is 0 Å². The Kier molecular flexibility index (Phi) is 3.51. The fourth-order valence-electron chi connectivity index (χ4n) is 1.41. The molecule has 0 radical (unpaired) electrons. The molecule has 84 valence electrons. The SMILES string of the molecule is Cc1sc(CNc2cccc(O)c2)cc1Br. The van der Waals surface area contributed by atoms with E-state index in [2.05, 4.69) is 34.2 Å². The number of nitrogens with one attached hydrogen (secondary N) is 1. The van der Waals surface area contributed by atoms with Gasteiger partial charge in [0.05, 0.1) is 0 Å². The molecule has 2 aromatic rings. The Balaban J connectivity index is 2.02. The first-order valence-corrected chi connectivity index (χ1v) is 6.54. The van der Waals surface area contributed by atoms with Crippen LogP contribution in [0.2, 0.25) is 0 Å².